The Balaban J connectivity index is 2.55. The van der Waals surface area contributed by atoms with Crippen molar-refractivity contribution in [1.29, 1.82) is 0 Å². The zero-order valence-corrected chi connectivity index (χ0v) is 15.1. The predicted octanol–water partition coefficient (Wildman–Crippen LogP) is 5.71. The Kier molecular flexibility index (Phi) is 7.76. The van der Waals surface area contributed by atoms with Gasteiger partial charge in [0.05, 0.1) is 0 Å². The van der Waals surface area contributed by atoms with E-state index < -0.39 is 0 Å². The van der Waals surface area contributed by atoms with Crippen LogP contribution in [0.15, 0.2) is 24.3 Å². The van der Waals surface area contributed by atoms with E-state index in [2.05, 4.69) is 52.1 Å². The monoisotopic (exact) mass is 309 g/mol. The van der Waals surface area contributed by atoms with Crippen LogP contribution in [0.3, 0.4) is 0 Å². The first-order valence-electron chi connectivity index (χ1n) is 8.26. The number of nitrogens with one attached hydrogen (secondary N) is 1. The molecule has 1 atom stereocenters. The minimum absolute atomic E-state index is 0.191. The summed E-state index contributed by atoms with van der Waals surface area (Å²) < 4.78 is 0. The van der Waals surface area contributed by atoms with E-state index >= 15 is 0 Å². The molecule has 1 aromatic carbocycles. The van der Waals surface area contributed by atoms with Gasteiger partial charge in [-0.15, -0.1) is 0 Å². The fourth-order valence-electron chi connectivity index (χ4n) is 2.50. The molecule has 2 heteroatoms. The van der Waals surface area contributed by atoms with E-state index in [4.69, 9.17) is 11.6 Å². The molecular formula is C19H32ClN. The molecule has 0 aliphatic rings. The highest BCUT2D eigenvalue weighted by atomic mass is 35.5. The molecule has 1 nitrogen and oxygen atoms in total. The van der Waals surface area contributed by atoms with Crippen LogP contribution in [-0.4, -0.2) is 12.1 Å². The summed E-state index contributed by atoms with van der Waals surface area (Å²) in [5.41, 5.74) is 1.58. The first-order chi connectivity index (χ1) is 9.76. The summed E-state index contributed by atoms with van der Waals surface area (Å²) in [7, 11) is 0. The highest BCUT2D eigenvalue weighted by Crippen LogP contribution is 2.19. The van der Waals surface area contributed by atoms with Gasteiger partial charge in [0, 0.05) is 10.6 Å². The SMILES string of the molecule is CC(C)CCCC(CNC(C)(C)C)Cc1ccc(Cl)cc1. The molecule has 21 heavy (non-hydrogen) atoms. The third-order valence-corrected chi connectivity index (χ3v) is 4.00. The Morgan fingerprint density at radius 3 is 2.19 bits per heavy atom. The molecular weight excluding hydrogens is 278 g/mol. The molecule has 0 radical (unpaired) electrons. The van der Waals surface area contributed by atoms with Crippen LogP contribution in [0.5, 0.6) is 0 Å². The van der Waals surface area contributed by atoms with E-state index in [0.717, 1.165) is 23.9 Å². The van der Waals surface area contributed by atoms with Crippen molar-refractivity contribution in [2.45, 2.75) is 65.8 Å². The standard InChI is InChI=1S/C19H32ClN/c1-15(2)7-6-8-17(14-21-19(3,4)5)13-16-9-11-18(20)12-10-16/h9-12,15,17,21H,6-8,13-14H2,1-5H3. The van der Waals surface area contributed by atoms with Crippen LogP contribution in [0.1, 0.15) is 59.4 Å². The number of halogens is 1. The number of benzene rings is 1. The minimum Gasteiger partial charge on any atom is -0.312 e. The van der Waals surface area contributed by atoms with Gasteiger partial charge in [-0.3, -0.25) is 0 Å². The van der Waals surface area contributed by atoms with E-state index in [-0.39, 0.29) is 5.54 Å². The maximum absolute atomic E-state index is 5.98. The zero-order valence-electron chi connectivity index (χ0n) is 14.4. The van der Waals surface area contributed by atoms with Gasteiger partial charge in [0.1, 0.15) is 0 Å². The van der Waals surface area contributed by atoms with E-state index in [1.165, 1.54) is 24.8 Å². The maximum atomic E-state index is 5.98. The second-order valence-corrected chi connectivity index (χ2v) is 8.09. The number of rotatable bonds is 8. The highest BCUT2D eigenvalue weighted by Gasteiger charge is 2.15. The molecule has 0 aliphatic heterocycles. The molecule has 1 rings (SSSR count). The van der Waals surface area contributed by atoms with Crippen molar-refractivity contribution in [2.24, 2.45) is 11.8 Å². The van der Waals surface area contributed by atoms with Crippen LogP contribution in [0.2, 0.25) is 5.02 Å². The summed E-state index contributed by atoms with van der Waals surface area (Å²) in [6, 6.07) is 8.32. The van der Waals surface area contributed by atoms with Gasteiger partial charge in [-0.1, -0.05) is 50.4 Å². The summed E-state index contributed by atoms with van der Waals surface area (Å²) >= 11 is 5.98. The fourth-order valence-corrected chi connectivity index (χ4v) is 2.62. The van der Waals surface area contributed by atoms with E-state index in [0.29, 0.717) is 5.92 Å². The van der Waals surface area contributed by atoms with Gasteiger partial charge in [-0.25, -0.2) is 0 Å². The van der Waals surface area contributed by atoms with E-state index in [9.17, 15) is 0 Å². The molecule has 1 aromatic rings. The minimum atomic E-state index is 0.191. The van der Waals surface area contributed by atoms with Crippen molar-refractivity contribution in [1.82, 2.24) is 5.32 Å². The van der Waals surface area contributed by atoms with E-state index in [1.807, 2.05) is 12.1 Å². The molecule has 0 heterocycles. The van der Waals surface area contributed by atoms with Crippen molar-refractivity contribution < 1.29 is 0 Å². The van der Waals surface area contributed by atoms with Crippen molar-refractivity contribution >= 4 is 11.6 Å². The van der Waals surface area contributed by atoms with Crippen molar-refractivity contribution in [2.75, 3.05) is 6.54 Å². The number of hydrogen-bond donors (Lipinski definition) is 1. The molecule has 0 amide bonds. The van der Waals surface area contributed by atoms with Gasteiger partial charge in [0.15, 0.2) is 0 Å². The Morgan fingerprint density at radius 1 is 1.05 bits per heavy atom. The van der Waals surface area contributed by atoms with Gasteiger partial charge >= 0.3 is 0 Å². The topological polar surface area (TPSA) is 12.0 Å². The van der Waals surface area contributed by atoms with E-state index in [1.54, 1.807) is 0 Å². The lowest BCUT2D eigenvalue weighted by Crippen LogP contribution is -2.39. The lowest BCUT2D eigenvalue weighted by molar-refractivity contribution is 0.344. The second kappa shape index (κ2) is 8.80. The molecule has 0 spiro atoms. The van der Waals surface area contributed by atoms with Gasteiger partial charge in [-0.2, -0.15) is 0 Å². The smallest absolute Gasteiger partial charge is 0.0406 e. The molecule has 0 aliphatic carbocycles. The lowest BCUT2D eigenvalue weighted by atomic mass is 9.91. The third kappa shape index (κ3) is 9.16. The quantitative estimate of drug-likeness (QED) is 0.648. The average Bonchev–Trinajstić information content (AvgIpc) is 2.37. The normalized spacial score (nSPS) is 13.7. The zero-order chi connectivity index (χ0) is 15.9. The van der Waals surface area contributed by atoms with Crippen molar-refractivity contribution in [3.63, 3.8) is 0 Å². The third-order valence-electron chi connectivity index (χ3n) is 3.75. The van der Waals surface area contributed by atoms with Gasteiger partial charge < -0.3 is 5.32 Å². The Labute approximate surface area is 136 Å². The van der Waals surface area contributed by atoms with Crippen molar-refractivity contribution in [3.8, 4) is 0 Å². The molecule has 0 aromatic heterocycles. The summed E-state index contributed by atoms with van der Waals surface area (Å²) in [6.07, 6.45) is 5.08. The van der Waals surface area contributed by atoms with Crippen molar-refractivity contribution in [3.05, 3.63) is 34.9 Å². The highest BCUT2D eigenvalue weighted by molar-refractivity contribution is 6.30. The lowest BCUT2D eigenvalue weighted by Gasteiger charge is -2.26. The Morgan fingerprint density at radius 2 is 1.67 bits per heavy atom. The summed E-state index contributed by atoms with van der Waals surface area (Å²) in [5, 5.41) is 4.49. The van der Waals surface area contributed by atoms with Crippen LogP contribution in [0.25, 0.3) is 0 Å². The summed E-state index contributed by atoms with van der Waals surface area (Å²) in [5.74, 6) is 1.50. The van der Waals surface area contributed by atoms with Crippen LogP contribution < -0.4 is 5.32 Å². The summed E-state index contributed by atoms with van der Waals surface area (Å²) in [6.45, 7) is 12.4. The largest absolute Gasteiger partial charge is 0.312 e. The second-order valence-electron chi connectivity index (χ2n) is 7.65. The van der Waals surface area contributed by atoms with Gasteiger partial charge in [-0.05, 0) is 69.7 Å². The first kappa shape index (κ1) is 18.5. The van der Waals surface area contributed by atoms with Crippen LogP contribution in [-0.2, 0) is 6.42 Å². The van der Waals surface area contributed by atoms with Crippen LogP contribution in [0.4, 0.5) is 0 Å². The molecule has 0 saturated heterocycles. The molecule has 1 unspecified atom stereocenters. The fraction of sp³-hybridized carbons (Fsp3) is 0.684. The first-order valence-corrected chi connectivity index (χ1v) is 8.63. The summed E-state index contributed by atoms with van der Waals surface area (Å²) in [4.78, 5) is 0. The molecule has 0 saturated carbocycles. The van der Waals surface area contributed by atoms with Crippen LogP contribution >= 0.6 is 11.6 Å². The maximum Gasteiger partial charge on any atom is 0.0406 e. The average molecular weight is 310 g/mol. The molecule has 120 valence electrons. The molecule has 0 bridgehead atoms. The molecule has 0 fully saturated rings. The Hall–Kier alpha value is -0.530. The predicted molar refractivity (Wildman–Crippen MR) is 95.1 cm³/mol. The van der Waals surface area contributed by atoms with Gasteiger partial charge in [0.25, 0.3) is 0 Å². The molecule has 1 N–H and O–H groups in total. The van der Waals surface area contributed by atoms with Gasteiger partial charge in [0.2, 0.25) is 0 Å². The Bertz CT molecular complexity index is 389. The van der Waals surface area contributed by atoms with Crippen LogP contribution in [0, 0.1) is 11.8 Å². The number of hydrogen-bond acceptors (Lipinski definition) is 1.